The Bertz CT molecular complexity index is 4180. The standard InChI is InChI=1S/C64H80N11O18P3/c1-8-73-51-27-24-42(2)35-49(51)63(4,5)53(73)22-10-9-11-23-54-64(6,7)50-36-43(3)25-28-52(50)74(54)32-13-12-19-46(76)20-16-31-68-60(78)44-17-14-21-47(37-44)89-41-56(71-72-66)88-34-33-87-40-55(77)67-30-15-18-45-38-75(59-58(45)61(79)70-62(65)69-59)57-29-26-48(91-57)39-90-95(83,84)93-96(85,86)92-94(80,81)82/h9-11,14,17,21-25,27-28,35-38,48,56-57H,8,12-13,16,19-20,26,29-34,39-41H2,1-7H3,(H8-,65,67,68,69,70,77,78,79,80,81,82,83,84,85,86)/p+1/t48-,56?,57+/m0/s1. The van der Waals surface area contributed by atoms with E-state index in [1.54, 1.807) is 18.2 Å². The second-order valence-corrected chi connectivity index (χ2v) is 28.4. The third-order valence-corrected chi connectivity index (χ3v) is 19.9. The van der Waals surface area contributed by atoms with E-state index in [1.165, 1.54) is 61.9 Å². The Morgan fingerprint density at radius 1 is 0.938 bits per heavy atom. The lowest BCUT2D eigenvalue weighted by Crippen LogP contribution is -2.29. The number of phosphoric ester groups is 1. The number of Topliss-reactive ketones (excluding diaryl/α,β-unsaturated/α-hetero) is 1. The highest BCUT2D eigenvalue weighted by atomic mass is 31.3. The van der Waals surface area contributed by atoms with Gasteiger partial charge in [0.05, 0.1) is 48.8 Å². The monoisotopic (exact) mass is 1380 g/mol. The molecule has 2 aromatic heterocycles. The molecule has 5 aromatic rings. The quantitative estimate of drug-likeness (QED) is 0.00283. The van der Waals surface area contributed by atoms with Crippen molar-refractivity contribution in [1.82, 2.24) is 25.2 Å². The van der Waals surface area contributed by atoms with Gasteiger partial charge in [-0.25, -0.2) is 13.7 Å². The van der Waals surface area contributed by atoms with Crippen LogP contribution >= 0.6 is 23.5 Å². The van der Waals surface area contributed by atoms with Gasteiger partial charge >= 0.3 is 23.5 Å². The molecular weight excluding hydrogens is 1300 g/mol. The molecule has 3 unspecified atom stereocenters. The van der Waals surface area contributed by atoms with Crippen molar-refractivity contribution in [3.05, 3.63) is 157 Å². The fourth-order valence-corrected chi connectivity index (χ4v) is 14.7. The second-order valence-electron chi connectivity index (χ2n) is 24.0. The van der Waals surface area contributed by atoms with Crippen molar-refractivity contribution >= 4 is 75.1 Å². The van der Waals surface area contributed by atoms with Gasteiger partial charge in [0.2, 0.25) is 17.5 Å². The summed E-state index contributed by atoms with van der Waals surface area (Å²) < 4.78 is 73.5. The smallest absolute Gasteiger partial charge is 0.490 e. The molecule has 514 valence electrons. The number of fused-ring (bicyclic) bond motifs is 3. The van der Waals surface area contributed by atoms with E-state index < -0.39 is 66.7 Å². The van der Waals surface area contributed by atoms with Gasteiger partial charge in [0.1, 0.15) is 37.5 Å². The van der Waals surface area contributed by atoms with E-state index >= 15 is 0 Å². The maximum atomic E-state index is 13.2. The van der Waals surface area contributed by atoms with Gasteiger partial charge in [-0.3, -0.25) is 28.7 Å². The Kier molecular flexibility index (Phi) is 25.0. The van der Waals surface area contributed by atoms with Gasteiger partial charge in [-0.05, 0) is 108 Å². The number of anilines is 2. The fraction of sp³-hybridized carbons (Fsp3) is 0.438. The second kappa shape index (κ2) is 32.5. The van der Waals surface area contributed by atoms with Crippen LogP contribution in [0.4, 0.5) is 17.3 Å². The average Bonchev–Trinajstić information content (AvgIpc) is 1.60. The first-order chi connectivity index (χ1) is 45.5. The number of unbranched alkanes of at least 4 members (excludes halogenated alkanes) is 1. The number of nitrogens with two attached hydrogens (primary N) is 1. The summed E-state index contributed by atoms with van der Waals surface area (Å²) in [5, 5.41) is 9.08. The van der Waals surface area contributed by atoms with Crippen LogP contribution < -0.4 is 31.6 Å². The van der Waals surface area contributed by atoms with Crippen LogP contribution in [0.5, 0.6) is 5.75 Å². The topological polar surface area (TPSA) is 404 Å². The van der Waals surface area contributed by atoms with Crippen molar-refractivity contribution in [2.75, 3.05) is 69.8 Å². The minimum Gasteiger partial charge on any atom is -0.491 e. The van der Waals surface area contributed by atoms with E-state index in [9.17, 15) is 48.2 Å². The molecule has 1 fully saturated rings. The number of carbonyl (C=O) groups is 3. The van der Waals surface area contributed by atoms with Crippen LogP contribution in [-0.4, -0.2) is 134 Å². The van der Waals surface area contributed by atoms with Gasteiger partial charge in [0.25, 0.3) is 11.5 Å². The molecule has 29 nitrogen and oxygen atoms in total. The van der Waals surface area contributed by atoms with Crippen molar-refractivity contribution in [3.63, 3.8) is 0 Å². The lowest BCUT2D eigenvalue weighted by Gasteiger charge is -2.25. The van der Waals surface area contributed by atoms with E-state index in [-0.39, 0.29) is 84.3 Å². The number of H-pyrrole nitrogens is 1. The van der Waals surface area contributed by atoms with Crippen LogP contribution in [0.1, 0.15) is 124 Å². The van der Waals surface area contributed by atoms with Gasteiger partial charge in [0, 0.05) is 83.5 Å². The summed E-state index contributed by atoms with van der Waals surface area (Å²) in [5.74, 6) is 4.84. The molecule has 0 bridgehead atoms. The van der Waals surface area contributed by atoms with E-state index in [1.807, 2.05) is 0 Å². The van der Waals surface area contributed by atoms with Crippen LogP contribution in [0.15, 0.2) is 113 Å². The number of benzene rings is 3. The van der Waals surface area contributed by atoms with E-state index in [0.717, 1.165) is 25.9 Å². The van der Waals surface area contributed by atoms with Gasteiger partial charge in [-0.15, -0.1) is 0 Å². The van der Waals surface area contributed by atoms with Crippen molar-refractivity contribution in [3.8, 4) is 17.6 Å². The Labute approximate surface area is 554 Å². The zero-order valence-electron chi connectivity index (χ0n) is 54.3. The number of nitrogens with zero attached hydrogens (tertiary/aromatic N) is 7. The minimum atomic E-state index is -5.73. The van der Waals surface area contributed by atoms with Crippen molar-refractivity contribution in [2.24, 2.45) is 5.11 Å². The summed E-state index contributed by atoms with van der Waals surface area (Å²) in [5.41, 5.74) is 24.6. The first-order valence-electron chi connectivity index (χ1n) is 31.1. The molecule has 32 heteroatoms. The average molecular weight is 1390 g/mol. The number of amides is 2. The summed E-state index contributed by atoms with van der Waals surface area (Å²) in [6.07, 6.45) is 12.6. The number of rotatable bonds is 33. The number of aryl methyl sites for hydroxylation is 2. The SMILES string of the molecule is CCN1C(=CC=CC=CC2=[N+](CCCCC(=O)CCCNC(=O)c3cccc(OCC(N=[N+]=[N-])OCCOCC(=O)NCC#Cc4cn([C@H]5CC[C@@H](COP(=O)(O)OP(=O)(O)OP(=O)(O)O)O5)c5nc(N)[nH]c(=O)c45)c3)c3ccc(C)cc3C2(C)C)C(C)(C)c2cc(C)ccc21. The zero-order chi connectivity index (χ0) is 69.6. The predicted octanol–water partition coefficient (Wildman–Crippen LogP) is 9.30. The molecule has 5 atom stereocenters. The summed E-state index contributed by atoms with van der Waals surface area (Å²) in [6.45, 7) is 15.8. The van der Waals surface area contributed by atoms with Crippen LogP contribution in [0, 0.1) is 25.7 Å². The molecule has 0 spiro atoms. The number of likely N-dealkylation sites (N-methyl/N-ethyl adjacent to an activating group) is 1. The molecule has 0 radical (unpaired) electrons. The number of phosphoric acid groups is 3. The highest BCUT2D eigenvalue weighted by Crippen LogP contribution is 2.66. The highest BCUT2D eigenvalue weighted by molar-refractivity contribution is 7.66. The van der Waals surface area contributed by atoms with Gasteiger partial charge in [-0.2, -0.15) is 18.2 Å². The largest absolute Gasteiger partial charge is 0.491 e. The van der Waals surface area contributed by atoms with Crippen LogP contribution in [0.25, 0.3) is 21.5 Å². The number of ether oxygens (including phenoxy) is 4. The van der Waals surface area contributed by atoms with Crippen LogP contribution in [0.2, 0.25) is 0 Å². The molecule has 96 heavy (non-hydrogen) atoms. The van der Waals surface area contributed by atoms with Gasteiger partial charge < -0.3 is 64.4 Å². The maximum absolute atomic E-state index is 13.2. The molecule has 3 aliphatic rings. The number of hydrogen-bond donors (Lipinski definition) is 8. The summed E-state index contributed by atoms with van der Waals surface area (Å²) >= 11 is 0. The van der Waals surface area contributed by atoms with E-state index in [0.29, 0.717) is 37.1 Å². The zero-order valence-corrected chi connectivity index (χ0v) is 57.0. The molecule has 0 saturated carbocycles. The van der Waals surface area contributed by atoms with E-state index in [4.69, 9.17) is 39.0 Å². The first kappa shape index (κ1) is 73.9. The number of aromatic amines is 1. The molecule has 8 rings (SSSR count). The summed E-state index contributed by atoms with van der Waals surface area (Å²) in [4.78, 5) is 100. The Balaban J connectivity index is 0.721. The predicted molar refractivity (Wildman–Crippen MR) is 357 cm³/mol. The van der Waals surface area contributed by atoms with Crippen molar-refractivity contribution < 1.29 is 84.3 Å². The normalized spacial score (nSPS) is 18.4. The third kappa shape index (κ3) is 19.7. The molecule has 5 heterocycles. The Hall–Kier alpha value is -7.86. The lowest BCUT2D eigenvalue weighted by molar-refractivity contribution is -0.438. The Morgan fingerprint density at radius 3 is 2.44 bits per heavy atom. The first-order valence-corrected chi connectivity index (χ1v) is 35.6. The van der Waals surface area contributed by atoms with Crippen LogP contribution in [0.3, 0.4) is 0 Å². The number of aromatic nitrogens is 3. The summed E-state index contributed by atoms with van der Waals surface area (Å²) in [6, 6.07) is 19.8. The molecule has 1 saturated heterocycles. The molecule has 2 amide bonds. The number of carbonyl (C=O) groups excluding carboxylic acids is 3. The number of azide groups is 1. The lowest BCUT2D eigenvalue weighted by atomic mass is 9.81. The number of hydrogen-bond acceptors (Lipinski definition) is 18. The number of nitrogens with one attached hydrogen (secondary N) is 3. The van der Waals surface area contributed by atoms with Crippen LogP contribution in [-0.2, 0) is 61.5 Å². The third-order valence-electron chi connectivity index (χ3n) is 16.1. The van der Waals surface area contributed by atoms with Gasteiger partial charge in [0.15, 0.2) is 17.6 Å². The van der Waals surface area contributed by atoms with E-state index in [2.05, 4.69) is 176 Å². The molecular formula is C64H81N11O18P3+. The highest BCUT2D eigenvalue weighted by Gasteiger charge is 2.45. The number of allylic oxidation sites excluding steroid dienone is 6. The van der Waals surface area contributed by atoms with Crippen molar-refractivity contribution in [2.45, 2.75) is 123 Å². The molecule has 0 aliphatic carbocycles. The molecule has 3 aromatic carbocycles. The Morgan fingerprint density at radius 2 is 1.69 bits per heavy atom. The van der Waals surface area contributed by atoms with Crippen molar-refractivity contribution in [1.29, 1.82) is 0 Å². The van der Waals surface area contributed by atoms with Gasteiger partial charge in [-0.1, -0.05) is 84.4 Å². The molecule has 9 N–H and O–H groups in total. The minimum absolute atomic E-state index is 0.0251. The number of nitrogen functional groups attached to an aromatic ring is 1. The summed E-state index contributed by atoms with van der Waals surface area (Å²) in [7, 11) is -16.7. The number of ketones is 1. The maximum Gasteiger partial charge on any atom is 0.490 e. The molecule has 3 aliphatic heterocycles. The fourth-order valence-electron chi connectivity index (χ4n) is 11.6.